The lowest BCUT2D eigenvalue weighted by Crippen LogP contribution is -2.03. The largest absolute Gasteiger partial charge is 0.423 e. The van der Waals surface area contributed by atoms with Gasteiger partial charge in [-0.2, -0.15) is 0 Å². The van der Waals surface area contributed by atoms with Crippen LogP contribution in [0.3, 0.4) is 0 Å². The smallest absolute Gasteiger partial charge is 0.335 e. The summed E-state index contributed by atoms with van der Waals surface area (Å²) in [5, 5.41) is 10.4. The maximum Gasteiger partial charge on any atom is 0.335 e. The van der Waals surface area contributed by atoms with Crippen LogP contribution < -0.4 is 4.74 Å². The minimum Gasteiger partial charge on any atom is -0.423 e. The van der Waals surface area contributed by atoms with Gasteiger partial charge < -0.3 is 4.74 Å². The number of nitro benzene ring substituents is 1. The minimum atomic E-state index is -0.648. The van der Waals surface area contributed by atoms with Gasteiger partial charge in [-0.1, -0.05) is 12.6 Å². The molecule has 1 aromatic rings. The quantitative estimate of drug-likeness (QED) is 0.241. The summed E-state index contributed by atoms with van der Waals surface area (Å²) in [6.07, 6.45) is 0.985. The Morgan fingerprint density at radius 3 is 2.86 bits per heavy atom. The number of carbonyl (C=O) groups excluding carboxylic acids is 1. The number of hydrogen-bond acceptors (Lipinski definition) is 4. The first-order valence-corrected chi connectivity index (χ1v) is 3.72. The first-order valence-electron chi connectivity index (χ1n) is 3.72. The zero-order chi connectivity index (χ0) is 10.6. The fourth-order valence-electron chi connectivity index (χ4n) is 0.818. The third-order valence-electron chi connectivity index (χ3n) is 1.41. The second-order valence-electron chi connectivity index (χ2n) is 2.38. The molecular formula is C9H7NO4. The van der Waals surface area contributed by atoms with E-state index in [-0.39, 0.29) is 11.4 Å². The molecule has 1 rings (SSSR count). The van der Waals surface area contributed by atoms with Crippen molar-refractivity contribution in [2.75, 3.05) is 0 Å². The van der Waals surface area contributed by atoms with E-state index in [0.29, 0.717) is 0 Å². The molecule has 1 aromatic carbocycles. The molecule has 0 unspecified atom stereocenters. The maximum absolute atomic E-state index is 10.8. The molecule has 0 aliphatic carbocycles. The van der Waals surface area contributed by atoms with Crippen LogP contribution in [0.5, 0.6) is 5.75 Å². The van der Waals surface area contributed by atoms with E-state index >= 15 is 0 Å². The van der Waals surface area contributed by atoms with Gasteiger partial charge in [0.05, 0.1) is 11.0 Å². The molecule has 0 aliphatic rings. The SMILES string of the molecule is C=CC(=O)Oc1cccc([N+](=O)[O-])c1. The standard InChI is InChI=1S/C9H7NO4/c1-2-9(11)14-8-5-3-4-7(6-8)10(12)13/h2-6H,1H2. The van der Waals surface area contributed by atoms with Crippen molar-refractivity contribution in [1.82, 2.24) is 0 Å². The van der Waals surface area contributed by atoms with Crippen molar-refractivity contribution in [2.45, 2.75) is 0 Å². The Kier molecular flexibility index (Phi) is 2.96. The Labute approximate surface area is 79.8 Å². The molecule has 0 N–H and O–H groups in total. The molecule has 14 heavy (non-hydrogen) atoms. The predicted molar refractivity (Wildman–Crippen MR) is 48.9 cm³/mol. The molecule has 0 aliphatic heterocycles. The van der Waals surface area contributed by atoms with E-state index in [1.807, 2.05) is 0 Å². The van der Waals surface area contributed by atoms with E-state index in [0.717, 1.165) is 6.08 Å². The molecule has 0 amide bonds. The highest BCUT2D eigenvalue weighted by atomic mass is 16.6. The lowest BCUT2D eigenvalue weighted by molar-refractivity contribution is -0.384. The highest BCUT2D eigenvalue weighted by molar-refractivity contribution is 5.83. The molecule has 0 saturated heterocycles. The van der Waals surface area contributed by atoms with Gasteiger partial charge in [-0.3, -0.25) is 10.1 Å². The number of ether oxygens (including phenoxy) is 1. The van der Waals surface area contributed by atoms with Crippen molar-refractivity contribution in [2.24, 2.45) is 0 Å². The van der Waals surface area contributed by atoms with Crippen molar-refractivity contribution in [3.05, 3.63) is 47.0 Å². The Bertz CT molecular complexity index is 386. The summed E-state index contributed by atoms with van der Waals surface area (Å²) in [6, 6.07) is 5.37. The molecule has 0 aromatic heterocycles. The van der Waals surface area contributed by atoms with Gasteiger partial charge in [0.1, 0.15) is 5.75 Å². The molecule has 0 fully saturated rings. The molecule has 0 spiro atoms. The normalized spacial score (nSPS) is 9.14. The first kappa shape index (κ1) is 9.91. The summed E-state index contributed by atoms with van der Waals surface area (Å²) < 4.78 is 4.69. The van der Waals surface area contributed by atoms with Gasteiger partial charge in [0, 0.05) is 12.1 Å². The number of non-ortho nitro benzene ring substituents is 1. The van der Waals surface area contributed by atoms with Gasteiger partial charge in [-0.25, -0.2) is 4.79 Å². The van der Waals surface area contributed by atoms with Crippen LogP contribution in [-0.4, -0.2) is 10.9 Å². The summed E-state index contributed by atoms with van der Waals surface area (Å²) in [5.41, 5.74) is -0.126. The third kappa shape index (κ3) is 2.41. The zero-order valence-corrected chi connectivity index (χ0v) is 7.17. The Morgan fingerprint density at radius 2 is 2.29 bits per heavy atom. The van der Waals surface area contributed by atoms with Gasteiger partial charge in [-0.05, 0) is 6.07 Å². The van der Waals surface area contributed by atoms with E-state index in [2.05, 4.69) is 6.58 Å². The average Bonchev–Trinajstić information content (AvgIpc) is 2.18. The van der Waals surface area contributed by atoms with Crippen LogP contribution in [0.25, 0.3) is 0 Å². The number of nitro groups is 1. The molecule has 72 valence electrons. The minimum absolute atomic E-state index is 0.126. The Hall–Kier alpha value is -2.17. The number of esters is 1. The van der Waals surface area contributed by atoms with Crippen LogP contribution in [0.2, 0.25) is 0 Å². The Morgan fingerprint density at radius 1 is 1.57 bits per heavy atom. The second-order valence-corrected chi connectivity index (χ2v) is 2.38. The van der Waals surface area contributed by atoms with E-state index in [9.17, 15) is 14.9 Å². The van der Waals surface area contributed by atoms with Gasteiger partial charge in [0.2, 0.25) is 0 Å². The molecule has 0 saturated carbocycles. The van der Waals surface area contributed by atoms with Crippen molar-refractivity contribution < 1.29 is 14.5 Å². The van der Waals surface area contributed by atoms with Crippen LogP contribution in [0.1, 0.15) is 0 Å². The number of hydrogen-bond donors (Lipinski definition) is 0. The van der Waals surface area contributed by atoms with Gasteiger partial charge in [-0.15, -0.1) is 0 Å². The molecule has 0 heterocycles. The summed E-state index contributed by atoms with van der Waals surface area (Å²) in [4.78, 5) is 20.5. The van der Waals surface area contributed by atoms with Crippen LogP contribution in [-0.2, 0) is 4.79 Å². The molecule has 5 heteroatoms. The summed E-state index contributed by atoms with van der Waals surface area (Å²) >= 11 is 0. The second kappa shape index (κ2) is 4.18. The number of rotatable bonds is 3. The highest BCUT2D eigenvalue weighted by Crippen LogP contribution is 2.18. The molecule has 0 atom stereocenters. The average molecular weight is 193 g/mol. The first-order chi connectivity index (χ1) is 6.63. The molecule has 0 radical (unpaired) electrons. The van der Waals surface area contributed by atoms with Gasteiger partial charge >= 0.3 is 5.97 Å². The van der Waals surface area contributed by atoms with Crippen molar-refractivity contribution >= 4 is 11.7 Å². The van der Waals surface area contributed by atoms with E-state index < -0.39 is 10.9 Å². The number of benzene rings is 1. The van der Waals surface area contributed by atoms with E-state index in [4.69, 9.17) is 4.74 Å². The zero-order valence-electron chi connectivity index (χ0n) is 7.17. The number of carbonyl (C=O) groups is 1. The molecular weight excluding hydrogens is 186 g/mol. The fourth-order valence-corrected chi connectivity index (χ4v) is 0.818. The van der Waals surface area contributed by atoms with Crippen molar-refractivity contribution in [3.63, 3.8) is 0 Å². The lowest BCUT2D eigenvalue weighted by atomic mass is 10.3. The molecule has 0 bridgehead atoms. The molecule has 5 nitrogen and oxygen atoms in total. The van der Waals surface area contributed by atoms with Gasteiger partial charge in [0.15, 0.2) is 0 Å². The van der Waals surface area contributed by atoms with E-state index in [1.165, 1.54) is 24.3 Å². The van der Waals surface area contributed by atoms with Crippen LogP contribution in [0, 0.1) is 10.1 Å². The maximum atomic E-state index is 10.8. The van der Waals surface area contributed by atoms with Crippen LogP contribution in [0.4, 0.5) is 5.69 Å². The summed E-state index contributed by atoms with van der Waals surface area (Å²) in [5.74, 6) is -0.519. The summed E-state index contributed by atoms with van der Waals surface area (Å²) in [6.45, 7) is 3.21. The van der Waals surface area contributed by atoms with Crippen LogP contribution >= 0.6 is 0 Å². The van der Waals surface area contributed by atoms with E-state index in [1.54, 1.807) is 0 Å². The predicted octanol–water partition coefficient (Wildman–Crippen LogP) is 1.69. The lowest BCUT2D eigenvalue weighted by Gasteiger charge is -1.99. The fraction of sp³-hybridized carbons (Fsp3) is 0. The topological polar surface area (TPSA) is 69.4 Å². The Balaban J connectivity index is 2.88. The highest BCUT2D eigenvalue weighted by Gasteiger charge is 2.07. The summed E-state index contributed by atoms with van der Waals surface area (Å²) in [7, 11) is 0. The van der Waals surface area contributed by atoms with Crippen molar-refractivity contribution in [1.29, 1.82) is 0 Å². The third-order valence-corrected chi connectivity index (χ3v) is 1.41. The van der Waals surface area contributed by atoms with Crippen molar-refractivity contribution in [3.8, 4) is 5.75 Å². The number of nitrogens with zero attached hydrogens (tertiary/aromatic N) is 1. The monoisotopic (exact) mass is 193 g/mol. The van der Waals surface area contributed by atoms with Gasteiger partial charge in [0.25, 0.3) is 5.69 Å². The van der Waals surface area contributed by atoms with Crippen LogP contribution in [0.15, 0.2) is 36.9 Å².